The number of rotatable bonds is 7. The lowest BCUT2D eigenvalue weighted by Crippen LogP contribution is -2.20. The average molecular weight is 320 g/mol. The molecule has 0 aliphatic rings. The van der Waals surface area contributed by atoms with Crippen molar-refractivity contribution in [2.45, 2.75) is 13.5 Å². The Kier molecular flexibility index (Phi) is 5.05. The van der Waals surface area contributed by atoms with Crippen molar-refractivity contribution in [1.82, 2.24) is 9.55 Å². The summed E-state index contributed by atoms with van der Waals surface area (Å²) in [5.41, 5.74) is 0.948. The molecule has 0 aliphatic carbocycles. The molecular weight excluding hydrogens is 300 g/mol. The fraction of sp³-hybridized carbons (Fsp3) is 0.400. The number of ether oxygens (including phenoxy) is 2. The Balaban J connectivity index is 2.25. The number of nitrogens with zero attached hydrogens (tertiary/aromatic N) is 4. The highest BCUT2D eigenvalue weighted by molar-refractivity contribution is 5.54. The van der Waals surface area contributed by atoms with Gasteiger partial charge in [-0.25, -0.2) is 0 Å². The first-order chi connectivity index (χ1) is 11.0. The first-order valence-electron chi connectivity index (χ1n) is 7.14. The number of nitro groups is 1. The first-order valence-corrected chi connectivity index (χ1v) is 7.14. The highest BCUT2D eigenvalue weighted by atomic mass is 16.6. The number of methoxy groups -OCH3 is 1. The summed E-state index contributed by atoms with van der Waals surface area (Å²) in [6.45, 7) is 2.93. The molecule has 0 unspecified atom stereocenters. The van der Waals surface area contributed by atoms with Gasteiger partial charge in [-0.1, -0.05) is 6.07 Å². The van der Waals surface area contributed by atoms with E-state index in [2.05, 4.69) is 4.98 Å². The zero-order valence-corrected chi connectivity index (χ0v) is 13.6. The summed E-state index contributed by atoms with van der Waals surface area (Å²) in [4.78, 5) is 16.2. The van der Waals surface area contributed by atoms with E-state index in [1.54, 1.807) is 30.7 Å². The van der Waals surface area contributed by atoms with Crippen LogP contribution < -0.4 is 14.4 Å². The zero-order chi connectivity index (χ0) is 17.0. The molecule has 1 aromatic heterocycles. The molecule has 8 heteroatoms. The second-order valence-electron chi connectivity index (χ2n) is 5.03. The van der Waals surface area contributed by atoms with E-state index in [4.69, 9.17) is 9.47 Å². The third kappa shape index (κ3) is 3.53. The van der Waals surface area contributed by atoms with Crippen LogP contribution in [0.25, 0.3) is 0 Å². The van der Waals surface area contributed by atoms with Crippen molar-refractivity contribution in [3.8, 4) is 11.5 Å². The summed E-state index contributed by atoms with van der Waals surface area (Å²) >= 11 is 0. The van der Waals surface area contributed by atoms with Crippen LogP contribution in [0.15, 0.2) is 24.5 Å². The van der Waals surface area contributed by atoms with Gasteiger partial charge in [0, 0.05) is 20.6 Å². The van der Waals surface area contributed by atoms with Crippen LogP contribution in [0.2, 0.25) is 0 Å². The maximum atomic E-state index is 11.1. The topological polar surface area (TPSA) is 82.7 Å². The number of aryl methyl sites for hydroxylation is 1. The fourth-order valence-electron chi connectivity index (χ4n) is 2.41. The van der Waals surface area contributed by atoms with Crippen LogP contribution in [0, 0.1) is 10.1 Å². The zero-order valence-electron chi connectivity index (χ0n) is 13.6. The predicted octanol–water partition coefficient (Wildman–Crippen LogP) is 2.37. The Morgan fingerprint density at radius 1 is 1.39 bits per heavy atom. The van der Waals surface area contributed by atoms with Gasteiger partial charge in [-0.2, -0.15) is 0 Å². The quantitative estimate of drug-likeness (QED) is 0.575. The van der Waals surface area contributed by atoms with Gasteiger partial charge in [-0.3, -0.25) is 4.57 Å². The monoisotopic (exact) mass is 320 g/mol. The molecule has 0 bridgehead atoms. The molecule has 0 fully saturated rings. The molecule has 1 heterocycles. The summed E-state index contributed by atoms with van der Waals surface area (Å²) in [5, 5.41) is 11.1. The lowest BCUT2D eigenvalue weighted by molar-refractivity contribution is -0.388. The van der Waals surface area contributed by atoms with E-state index in [9.17, 15) is 10.1 Å². The van der Waals surface area contributed by atoms with E-state index in [0.29, 0.717) is 30.5 Å². The van der Waals surface area contributed by atoms with E-state index < -0.39 is 4.92 Å². The van der Waals surface area contributed by atoms with Gasteiger partial charge in [-0.05, 0) is 34.5 Å². The van der Waals surface area contributed by atoms with Crippen LogP contribution in [0.3, 0.4) is 0 Å². The van der Waals surface area contributed by atoms with Crippen molar-refractivity contribution in [2.75, 3.05) is 25.7 Å². The van der Waals surface area contributed by atoms with Crippen molar-refractivity contribution in [1.29, 1.82) is 0 Å². The molecule has 0 spiro atoms. The lowest BCUT2D eigenvalue weighted by atomic mass is 10.2. The van der Waals surface area contributed by atoms with Crippen LogP contribution in [-0.2, 0) is 13.6 Å². The molecule has 0 N–H and O–H groups in total. The molecule has 8 nitrogen and oxygen atoms in total. The lowest BCUT2D eigenvalue weighted by Gasteiger charge is -2.19. The van der Waals surface area contributed by atoms with Gasteiger partial charge in [0.1, 0.15) is 0 Å². The molecule has 124 valence electrons. The molecule has 1 aromatic carbocycles. The van der Waals surface area contributed by atoms with Crippen LogP contribution >= 0.6 is 0 Å². The molecule has 2 rings (SSSR count). The Morgan fingerprint density at radius 3 is 2.74 bits per heavy atom. The van der Waals surface area contributed by atoms with Crippen molar-refractivity contribution >= 4 is 11.6 Å². The molecule has 2 aromatic rings. The second kappa shape index (κ2) is 6.99. The highest BCUT2D eigenvalue weighted by Gasteiger charge is 2.23. The molecule has 23 heavy (non-hydrogen) atoms. The van der Waals surface area contributed by atoms with Gasteiger partial charge < -0.3 is 24.5 Å². The van der Waals surface area contributed by atoms with E-state index in [-0.39, 0.29) is 5.82 Å². The molecule has 0 amide bonds. The largest absolute Gasteiger partial charge is 0.493 e. The van der Waals surface area contributed by atoms with Gasteiger partial charge in [-0.15, -0.1) is 0 Å². The van der Waals surface area contributed by atoms with Crippen LogP contribution in [0.5, 0.6) is 11.5 Å². The summed E-state index contributed by atoms with van der Waals surface area (Å²) in [7, 11) is 5.09. The molecular formula is C15H20N4O4. The van der Waals surface area contributed by atoms with Gasteiger partial charge in [0.05, 0.1) is 13.7 Å². The van der Waals surface area contributed by atoms with E-state index in [1.807, 2.05) is 25.1 Å². The van der Waals surface area contributed by atoms with Crippen LogP contribution in [0.1, 0.15) is 12.5 Å². The highest BCUT2D eigenvalue weighted by Crippen LogP contribution is 2.30. The van der Waals surface area contributed by atoms with Gasteiger partial charge in [0.2, 0.25) is 12.1 Å². The smallest absolute Gasteiger partial charge is 0.406 e. The number of benzene rings is 1. The van der Waals surface area contributed by atoms with Crippen LogP contribution in [0.4, 0.5) is 11.6 Å². The van der Waals surface area contributed by atoms with E-state index in [0.717, 1.165) is 5.56 Å². The van der Waals surface area contributed by atoms with E-state index >= 15 is 0 Å². The van der Waals surface area contributed by atoms with Crippen LogP contribution in [-0.4, -0.2) is 35.2 Å². The Labute approximate surface area is 134 Å². The third-order valence-electron chi connectivity index (χ3n) is 3.37. The molecule has 0 atom stereocenters. The van der Waals surface area contributed by atoms with Crippen molar-refractivity contribution in [2.24, 2.45) is 7.05 Å². The minimum absolute atomic E-state index is 0.159. The van der Waals surface area contributed by atoms with E-state index in [1.165, 1.54) is 6.33 Å². The standard InChI is InChI=1S/C15H20N4O4/c1-5-23-12-7-6-11(8-13(12)22-4)9-17(2)15-14(19(20)21)16-10-18(15)3/h6-8,10H,5,9H2,1-4H3. The SMILES string of the molecule is CCOc1ccc(CN(C)c2c([N+](=O)[O-])ncn2C)cc1OC. The minimum Gasteiger partial charge on any atom is -0.493 e. The second-order valence-corrected chi connectivity index (χ2v) is 5.03. The number of aromatic nitrogens is 2. The van der Waals surface area contributed by atoms with Crippen molar-refractivity contribution < 1.29 is 14.4 Å². The Hall–Kier alpha value is -2.77. The average Bonchev–Trinajstić information content (AvgIpc) is 2.91. The first kappa shape index (κ1) is 16.6. The summed E-state index contributed by atoms with van der Waals surface area (Å²) in [6.07, 6.45) is 1.43. The summed E-state index contributed by atoms with van der Waals surface area (Å²) < 4.78 is 12.4. The number of hydrogen-bond acceptors (Lipinski definition) is 6. The van der Waals surface area contributed by atoms with Gasteiger partial charge >= 0.3 is 5.82 Å². The molecule has 0 saturated heterocycles. The summed E-state index contributed by atoms with van der Waals surface area (Å²) in [6, 6.07) is 5.61. The number of anilines is 1. The van der Waals surface area contributed by atoms with Gasteiger partial charge in [0.15, 0.2) is 11.5 Å². The maximum absolute atomic E-state index is 11.1. The minimum atomic E-state index is -0.482. The number of imidazole rings is 1. The fourth-order valence-corrected chi connectivity index (χ4v) is 2.41. The summed E-state index contributed by atoms with van der Waals surface area (Å²) in [5.74, 6) is 1.60. The van der Waals surface area contributed by atoms with Crippen molar-refractivity contribution in [3.63, 3.8) is 0 Å². The Bertz CT molecular complexity index is 699. The maximum Gasteiger partial charge on any atom is 0.406 e. The van der Waals surface area contributed by atoms with Crippen molar-refractivity contribution in [3.05, 3.63) is 40.2 Å². The normalized spacial score (nSPS) is 10.4. The molecule has 0 aliphatic heterocycles. The predicted molar refractivity (Wildman–Crippen MR) is 86.1 cm³/mol. The van der Waals surface area contributed by atoms with Gasteiger partial charge in [0.25, 0.3) is 0 Å². The Morgan fingerprint density at radius 2 is 2.13 bits per heavy atom. The molecule has 0 saturated carbocycles. The number of hydrogen-bond donors (Lipinski definition) is 0. The molecule has 0 radical (unpaired) electrons. The third-order valence-corrected chi connectivity index (χ3v) is 3.37.